The maximum Gasteiger partial charge on any atom is 0.373 e. The Hall–Kier alpha value is -3.48. The Labute approximate surface area is 144 Å². The molecule has 7 nitrogen and oxygen atoms in total. The van der Waals surface area contributed by atoms with Crippen molar-refractivity contribution < 1.29 is 9.66 Å². The number of anilines is 2. The molecular formula is C18H16N4O3. The molecule has 0 aliphatic carbocycles. The molecule has 0 unspecified atom stereocenters. The molecule has 7 heteroatoms. The molecule has 0 spiro atoms. The summed E-state index contributed by atoms with van der Waals surface area (Å²) in [6.07, 6.45) is 1.23. The molecule has 25 heavy (non-hydrogen) atoms. The van der Waals surface area contributed by atoms with Crippen LogP contribution in [0.1, 0.15) is 11.1 Å². The van der Waals surface area contributed by atoms with Gasteiger partial charge in [0.05, 0.1) is 4.92 Å². The zero-order valence-corrected chi connectivity index (χ0v) is 13.8. The Kier molecular flexibility index (Phi) is 4.56. The molecule has 0 atom stereocenters. The first-order chi connectivity index (χ1) is 12.0. The van der Waals surface area contributed by atoms with E-state index >= 15 is 0 Å². The van der Waals surface area contributed by atoms with Gasteiger partial charge in [-0.25, -0.2) is 4.98 Å². The number of rotatable bonds is 5. The van der Waals surface area contributed by atoms with Gasteiger partial charge in [-0.3, -0.25) is 10.1 Å². The molecule has 1 heterocycles. The predicted molar refractivity (Wildman–Crippen MR) is 94.4 cm³/mol. The van der Waals surface area contributed by atoms with Crippen LogP contribution in [-0.2, 0) is 0 Å². The van der Waals surface area contributed by atoms with E-state index in [2.05, 4.69) is 15.3 Å². The zero-order chi connectivity index (χ0) is 17.8. The van der Waals surface area contributed by atoms with Crippen LogP contribution in [0.3, 0.4) is 0 Å². The molecule has 0 fully saturated rings. The summed E-state index contributed by atoms with van der Waals surface area (Å²) in [6.45, 7) is 3.91. The molecule has 0 aliphatic rings. The van der Waals surface area contributed by atoms with Gasteiger partial charge in [0.2, 0.25) is 5.82 Å². The van der Waals surface area contributed by atoms with E-state index in [1.54, 1.807) is 12.1 Å². The molecule has 0 bridgehead atoms. The topological polar surface area (TPSA) is 90.2 Å². The van der Waals surface area contributed by atoms with Crippen LogP contribution in [0.2, 0.25) is 0 Å². The standard InChI is InChI=1S/C18H16N4O3/c1-12-3-7-14(8-4-12)21-17-16(22(23)24)18(20-11-19-17)25-15-9-5-13(2)6-10-15/h3-11H,1-2H3,(H,19,20,21). The average Bonchev–Trinajstić information content (AvgIpc) is 2.59. The summed E-state index contributed by atoms with van der Waals surface area (Å²) in [5.41, 5.74) is 2.52. The highest BCUT2D eigenvalue weighted by molar-refractivity contribution is 5.68. The van der Waals surface area contributed by atoms with Gasteiger partial charge in [0, 0.05) is 5.69 Å². The van der Waals surface area contributed by atoms with Crippen molar-refractivity contribution in [3.8, 4) is 11.6 Å². The molecule has 0 aliphatic heterocycles. The minimum Gasteiger partial charge on any atom is -0.434 e. The summed E-state index contributed by atoms with van der Waals surface area (Å²) in [4.78, 5) is 18.9. The zero-order valence-electron chi connectivity index (χ0n) is 13.8. The van der Waals surface area contributed by atoms with Crippen LogP contribution in [0.15, 0.2) is 54.9 Å². The fourth-order valence-electron chi connectivity index (χ4n) is 2.18. The Morgan fingerprint density at radius 3 is 2.16 bits per heavy atom. The van der Waals surface area contributed by atoms with E-state index in [1.807, 2.05) is 50.2 Å². The van der Waals surface area contributed by atoms with E-state index in [0.717, 1.165) is 11.1 Å². The fourth-order valence-corrected chi connectivity index (χ4v) is 2.18. The molecule has 2 aromatic carbocycles. The maximum atomic E-state index is 11.5. The van der Waals surface area contributed by atoms with Gasteiger partial charge in [-0.15, -0.1) is 0 Å². The van der Waals surface area contributed by atoms with E-state index < -0.39 is 4.92 Å². The Morgan fingerprint density at radius 2 is 1.56 bits per heavy atom. The smallest absolute Gasteiger partial charge is 0.373 e. The van der Waals surface area contributed by atoms with Crippen molar-refractivity contribution in [2.24, 2.45) is 0 Å². The lowest BCUT2D eigenvalue weighted by molar-refractivity contribution is -0.385. The minimum atomic E-state index is -0.556. The van der Waals surface area contributed by atoms with E-state index in [9.17, 15) is 10.1 Å². The van der Waals surface area contributed by atoms with Crippen LogP contribution in [-0.4, -0.2) is 14.9 Å². The Balaban J connectivity index is 1.94. The largest absolute Gasteiger partial charge is 0.434 e. The van der Waals surface area contributed by atoms with Gasteiger partial charge in [-0.1, -0.05) is 35.4 Å². The SMILES string of the molecule is Cc1ccc(Nc2ncnc(Oc3ccc(C)cc3)c2[N+](=O)[O-])cc1. The molecule has 0 amide bonds. The second kappa shape index (κ2) is 6.96. The molecular weight excluding hydrogens is 320 g/mol. The van der Waals surface area contributed by atoms with Crippen molar-refractivity contribution in [2.75, 3.05) is 5.32 Å². The number of benzene rings is 2. The van der Waals surface area contributed by atoms with Gasteiger partial charge >= 0.3 is 11.6 Å². The summed E-state index contributed by atoms with van der Waals surface area (Å²) in [5, 5.41) is 14.5. The molecule has 3 aromatic rings. The van der Waals surface area contributed by atoms with Crippen molar-refractivity contribution in [2.45, 2.75) is 13.8 Å². The quantitative estimate of drug-likeness (QED) is 0.543. The number of hydrogen-bond acceptors (Lipinski definition) is 6. The van der Waals surface area contributed by atoms with Crippen LogP contribution >= 0.6 is 0 Å². The van der Waals surface area contributed by atoms with Crippen LogP contribution in [0, 0.1) is 24.0 Å². The maximum absolute atomic E-state index is 11.5. The third-order valence-corrected chi connectivity index (χ3v) is 3.52. The Morgan fingerprint density at radius 1 is 0.960 bits per heavy atom. The number of nitrogens with zero attached hydrogens (tertiary/aromatic N) is 3. The van der Waals surface area contributed by atoms with E-state index in [1.165, 1.54) is 6.33 Å². The molecule has 1 aromatic heterocycles. The van der Waals surface area contributed by atoms with Crippen molar-refractivity contribution >= 4 is 17.2 Å². The summed E-state index contributed by atoms with van der Waals surface area (Å²) in [6, 6.07) is 14.6. The highest BCUT2D eigenvalue weighted by Crippen LogP contribution is 2.35. The fraction of sp³-hybridized carbons (Fsp3) is 0.111. The monoisotopic (exact) mass is 336 g/mol. The van der Waals surface area contributed by atoms with Crippen LogP contribution in [0.25, 0.3) is 0 Å². The lowest BCUT2D eigenvalue weighted by Gasteiger charge is -2.09. The Bertz CT molecular complexity index is 827. The number of aromatic nitrogens is 2. The van der Waals surface area contributed by atoms with Crippen molar-refractivity contribution in [1.29, 1.82) is 0 Å². The third-order valence-electron chi connectivity index (χ3n) is 3.52. The van der Waals surface area contributed by atoms with E-state index in [0.29, 0.717) is 11.4 Å². The lowest BCUT2D eigenvalue weighted by Crippen LogP contribution is -2.03. The molecule has 0 saturated carbocycles. The summed E-state index contributed by atoms with van der Waals surface area (Å²) >= 11 is 0. The number of nitro groups is 1. The van der Waals surface area contributed by atoms with Crippen molar-refractivity contribution in [3.05, 3.63) is 76.1 Å². The molecule has 1 N–H and O–H groups in total. The number of hydrogen-bond donors (Lipinski definition) is 1. The first-order valence-electron chi connectivity index (χ1n) is 7.60. The van der Waals surface area contributed by atoms with Gasteiger partial charge in [0.1, 0.15) is 12.1 Å². The third kappa shape index (κ3) is 3.89. The summed E-state index contributed by atoms with van der Waals surface area (Å²) in [5.74, 6) is 0.429. The van der Waals surface area contributed by atoms with Gasteiger partial charge in [0.25, 0.3) is 0 Å². The van der Waals surface area contributed by atoms with Crippen LogP contribution in [0.5, 0.6) is 11.6 Å². The van der Waals surface area contributed by atoms with Gasteiger partial charge in [-0.05, 0) is 38.1 Å². The average molecular weight is 336 g/mol. The van der Waals surface area contributed by atoms with Gasteiger partial charge in [0.15, 0.2) is 0 Å². The number of ether oxygens (including phenoxy) is 1. The lowest BCUT2D eigenvalue weighted by atomic mass is 10.2. The highest BCUT2D eigenvalue weighted by atomic mass is 16.6. The molecule has 0 saturated heterocycles. The molecule has 126 valence electrons. The molecule has 0 radical (unpaired) electrons. The van der Waals surface area contributed by atoms with E-state index in [4.69, 9.17) is 4.74 Å². The minimum absolute atomic E-state index is 0.0750. The van der Waals surface area contributed by atoms with Crippen molar-refractivity contribution in [1.82, 2.24) is 9.97 Å². The second-order valence-electron chi connectivity index (χ2n) is 5.54. The second-order valence-corrected chi connectivity index (χ2v) is 5.54. The first kappa shape index (κ1) is 16.4. The van der Waals surface area contributed by atoms with Crippen molar-refractivity contribution in [3.63, 3.8) is 0 Å². The van der Waals surface area contributed by atoms with E-state index in [-0.39, 0.29) is 17.4 Å². The highest BCUT2D eigenvalue weighted by Gasteiger charge is 2.25. The number of nitrogens with one attached hydrogen (secondary N) is 1. The molecule has 3 rings (SSSR count). The summed E-state index contributed by atoms with van der Waals surface area (Å²) in [7, 11) is 0. The number of aryl methyl sites for hydroxylation is 2. The van der Waals surface area contributed by atoms with Crippen LogP contribution in [0.4, 0.5) is 17.2 Å². The van der Waals surface area contributed by atoms with Crippen LogP contribution < -0.4 is 10.1 Å². The predicted octanol–water partition coefficient (Wildman–Crippen LogP) is 4.54. The van der Waals surface area contributed by atoms with Gasteiger partial charge < -0.3 is 10.1 Å². The first-order valence-corrected chi connectivity index (χ1v) is 7.60. The normalized spacial score (nSPS) is 10.3. The summed E-state index contributed by atoms with van der Waals surface area (Å²) < 4.78 is 5.59. The van der Waals surface area contributed by atoms with Gasteiger partial charge in [-0.2, -0.15) is 4.98 Å².